The fourth-order valence-electron chi connectivity index (χ4n) is 3.53. The summed E-state index contributed by atoms with van der Waals surface area (Å²) < 4.78 is 2.22. The van der Waals surface area contributed by atoms with Crippen LogP contribution in [0.4, 0.5) is 0 Å². The number of nitrogens with one attached hydrogen (secondary N) is 1. The summed E-state index contributed by atoms with van der Waals surface area (Å²) in [6.45, 7) is 1.88. The average Bonchev–Trinajstić information content (AvgIpc) is 3.30. The van der Waals surface area contributed by atoms with Gasteiger partial charge in [0.2, 0.25) is 5.91 Å². The minimum Gasteiger partial charge on any atom is -0.356 e. The molecule has 0 aromatic carbocycles. The molecule has 1 amide bonds. The van der Waals surface area contributed by atoms with E-state index in [-0.39, 0.29) is 0 Å². The van der Waals surface area contributed by atoms with Crippen LogP contribution in [0.1, 0.15) is 31.5 Å². The highest BCUT2D eigenvalue weighted by Crippen LogP contribution is 2.54. The average molecular weight is 259 g/mol. The standard InChI is InChI=1S/C15H21N3O/c19-15(13-8-12(13)11-1-2-11)17-9-10-3-5-18-6-4-16-14(18)7-10/h4,6,10-13H,1-3,5,7-9H2,(H,17,19)/t10-,12+,13-/m1/s1. The highest BCUT2D eigenvalue weighted by Gasteiger charge is 2.50. The van der Waals surface area contributed by atoms with Crippen LogP contribution >= 0.6 is 0 Å². The van der Waals surface area contributed by atoms with E-state index in [1.54, 1.807) is 0 Å². The van der Waals surface area contributed by atoms with Crippen molar-refractivity contribution in [2.24, 2.45) is 23.7 Å². The van der Waals surface area contributed by atoms with Crippen LogP contribution in [0.25, 0.3) is 0 Å². The molecule has 19 heavy (non-hydrogen) atoms. The molecule has 1 N–H and O–H groups in total. The molecule has 102 valence electrons. The number of hydrogen-bond acceptors (Lipinski definition) is 2. The quantitative estimate of drug-likeness (QED) is 0.893. The van der Waals surface area contributed by atoms with Gasteiger partial charge in [-0.25, -0.2) is 4.98 Å². The zero-order chi connectivity index (χ0) is 12.8. The first-order valence-corrected chi connectivity index (χ1v) is 7.59. The van der Waals surface area contributed by atoms with Gasteiger partial charge in [0.25, 0.3) is 0 Å². The molecular weight excluding hydrogens is 238 g/mol. The van der Waals surface area contributed by atoms with E-state index >= 15 is 0 Å². The Hall–Kier alpha value is -1.32. The number of carbonyl (C=O) groups excluding carboxylic acids is 1. The van der Waals surface area contributed by atoms with Gasteiger partial charge < -0.3 is 9.88 Å². The van der Waals surface area contributed by atoms with Crippen molar-refractivity contribution in [2.75, 3.05) is 6.54 Å². The highest BCUT2D eigenvalue weighted by atomic mass is 16.2. The molecule has 0 radical (unpaired) electrons. The summed E-state index contributed by atoms with van der Waals surface area (Å²) in [6.07, 6.45) is 9.95. The van der Waals surface area contributed by atoms with Crippen LogP contribution in [0, 0.1) is 23.7 Å². The lowest BCUT2D eigenvalue weighted by molar-refractivity contribution is -0.122. The molecule has 1 aliphatic heterocycles. The van der Waals surface area contributed by atoms with Gasteiger partial charge in [-0.05, 0) is 43.4 Å². The summed E-state index contributed by atoms with van der Waals surface area (Å²) >= 11 is 0. The molecule has 0 saturated heterocycles. The summed E-state index contributed by atoms with van der Waals surface area (Å²) in [5.74, 6) is 4.01. The van der Waals surface area contributed by atoms with Crippen molar-refractivity contribution < 1.29 is 4.79 Å². The van der Waals surface area contributed by atoms with Crippen molar-refractivity contribution in [2.45, 2.75) is 38.6 Å². The second-order valence-corrected chi connectivity index (χ2v) is 6.48. The number of aromatic nitrogens is 2. The number of imidazole rings is 1. The molecule has 2 heterocycles. The van der Waals surface area contributed by atoms with Crippen molar-refractivity contribution in [3.63, 3.8) is 0 Å². The molecule has 4 rings (SSSR count). The number of hydrogen-bond donors (Lipinski definition) is 1. The van der Waals surface area contributed by atoms with Gasteiger partial charge in [-0.1, -0.05) is 0 Å². The van der Waals surface area contributed by atoms with Crippen molar-refractivity contribution >= 4 is 5.91 Å². The van der Waals surface area contributed by atoms with Crippen LogP contribution in [0.15, 0.2) is 12.4 Å². The maximum atomic E-state index is 12.1. The van der Waals surface area contributed by atoms with Gasteiger partial charge in [0.1, 0.15) is 5.82 Å². The van der Waals surface area contributed by atoms with E-state index < -0.39 is 0 Å². The lowest BCUT2D eigenvalue weighted by atomic mass is 9.98. The molecular formula is C15H21N3O. The number of amides is 1. The smallest absolute Gasteiger partial charge is 0.223 e. The number of nitrogens with zero attached hydrogens (tertiary/aromatic N) is 2. The molecule has 1 aromatic heterocycles. The fraction of sp³-hybridized carbons (Fsp3) is 0.733. The normalized spacial score (nSPS) is 32.7. The van der Waals surface area contributed by atoms with Crippen molar-refractivity contribution in [3.05, 3.63) is 18.2 Å². The van der Waals surface area contributed by atoms with Gasteiger partial charge in [0.05, 0.1) is 0 Å². The topological polar surface area (TPSA) is 46.9 Å². The third kappa shape index (κ3) is 2.28. The third-order valence-electron chi connectivity index (χ3n) is 5.02. The summed E-state index contributed by atoms with van der Waals surface area (Å²) in [5.41, 5.74) is 0. The largest absolute Gasteiger partial charge is 0.356 e. The lowest BCUT2D eigenvalue weighted by Crippen LogP contribution is -2.34. The van der Waals surface area contributed by atoms with E-state index in [0.29, 0.717) is 17.7 Å². The lowest BCUT2D eigenvalue weighted by Gasteiger charge is -2.23. The first-order valence-electron chi connectivity index (χ1n) is 7.59. The summed E-state index contributed by atoms with van der Waals surface area (Å²) in [6, 6.07) is 0. The van der Waals surface area contributed by atoms with Gasteiger partial charge >= 0.3 is 0 Å². The molecule has 2 aliphatic carbocycles. The first kappa shape index (κ1) is 11.5. The molecule has 2 saturated carbocycles. The fourth-order valence-corrected chi connectivity index (χ4v) is 3.53. The molecule has 1 aromatic rings. The molecule has 4 heteroatoms. The van der Waals surface area contributed by atoms with E-state index in [9.17, 15) is 4.79 Å². The molecule has 0 spiro atoms. The molecule has 0 unspecified atom stereocenters. The number of carbonyl (C=O) groups is 1. The van der Waals surface area contributed by atoms with Gasteiger partial charge in [-0.3, -0.25) is 4.79 Å². The summed E-state index contributed by atoms with van der Waals surface area (Å²) in [4.78, 5) is 16.4. The Labute approximate surface area is 113 Å². The predicted octanol–water partition coefficient (Wildman–Crippen LogP) is 1.61. The Morgan fingerprint density at radius 1 is 1.42 bits per heavy atom. The van der Waals surface area contributed by atoms with E-state index in [1.807, 2.05) is 6.20 Å². The van der Waals surface area contributed by atoms with Crippen molar-refractivity contribution in [3.8, 4) is 0 Å². The van der Waals surface area contributed by atoms with Gasteiger partial charge in [-0.2, -0.15) is 0 Å². The van der Waals surface area contributed by atoms with E-state index in [0.717, 1.165) is 44.2 Å². The van der Waals surface area contributed by atoms with Crippen LogP contribution in [-0.2, 0) is 17.8 Å². The molecule has 2 fully saturated rings. The Kier molecular flexibility index (Phi) is 2.64. The van der Waals surface area contributed by atoms with Gasteiger partial charge in [0.15, 0.2) is 0 Å². The minimum absolute atomic E-state index is 0.311. The van der Waals surface area contributed by atoms with E-state index in [1.165, 1.54) is 18.7 Å². The predicted molar refractivity (Wildman–Crippen MR) is 71.4 cm³/mol. The molecule has 3 aliphatic rings. The molecule has 4 nitrogen and oxygen atoms in total. The summed E-state index contributed by atoms with van der Waals surface area (Å²) in [7, 11) is 0. The Bertz CT molecular complexity index is 491. The first-order chi connectivity index (χ1) is 9.31. The Balaban J connectivity index is 1.26. The SMILES string of the molecule is O=C(NC[C@@H]1CCn2ccnc2C1)[C@@H]1C[C@H]1C1CC1. The van der Waals surface area contributed by atoms with Crippen LogP contribution in [0.3, 0.4) is 0 Å². The zero-order valence-electron chi connectivity index (χ0n) is 11.2. The molecule has 3 atom stereocenters. The third-order valence-corrected chi connectivity index (χ3v) is 5.02. The Morgan fingerprint density at radius 3 is 3.16 bits per heavy atom. The van der Waals surface area contributed by atoms with Crippen molar-refractivity contribution in [1.29, 1.82) is 0 Å². The maximum Gasteiger partial charge on any atom is 0.223 e. The van der Waals surface area contributed by atoms with Crippen LogP contribution < -0.4 is 5.32 Å². The van der Waals surface area contributed by atoms with Crippen LogP contribution in [-0.4, -0.2) is 22.0 Å². The van der Waals surface area contributed by atoms with E-state index in [4.69, 9.17) is 0 Å². The number of rotatable bonds is 4. The van der Waals surface area contributed by atoms with Crippen LogP contribution in [0.2, 0.25) is 0 Å². The number of fused-ring (bicyclic) bond motifs is 1. The number of aryl methyl sites for hydroxylation is 1. The summed E-state index contributed by atoms with van der Waals surface area (Å²) in [5, 5.41) is 3.17. The second-order valence-electron chi connectivity index (χ2n) is 6.48. The van der Waals surface area contributed by atoms with E-state index in [2.05, 4.69) is 21.1 Å². The van der Waals surface area contributed by atoms with Crippen molar-refractivity contribution in [1.82, 2.24) is 14.9 Å². The maximum absolute atomic E-state index is 12.1. The van der Waals surface area contributed by atoms with Gasteiger partial charge in [-0.15, -0.1) is 0 Å². The van der Waals surface area contributed by atoms with Crippen LogP contribution in [0.5, 0.6) is 0 Å². The highest BCUT2D eigenvalue weighted by molar-refractivity contribution is 5.81. The zero-order valence-corrected chi connectivity index (χ0v) is 11.2. The molecule has 0 bridgehead atoms. The monoisotopic (exact) mass is 259 g/mol. The second kappa shape index (κ2) is 4.36. The minimum atomic E-state index is 0.311. The Morgan fingerprint density at radius 2 is 2.32 bits per heavy atom. The van der Waals surface area contributed by atoms with Gasteiger partial charge in [0, 0.05) is 37.8 Å².